The molecule has 0 bridgehead atoms. The number of hydrogen-bond acceptors (Lipinski definition) is 4. The second-order valence-electron chi connectivity index (χ2n) is 7.31. The monoisotopic (exact) mass is 364 g/mol. The number of halogens is 1. The maximum absolute atomic E-state index is 14.5. The molecule has 0 unspecified atom stereocenters. The molecule has 0 aliphatic carbocycles. The summed E-state index contributed by atoms with van der Waals surface area (Å²) in [4.78, 5) is 4.22. The molecular formula is C22H25FN4. The highest BCUT2D eigenvalue weighted by molar-refractivity contribution is 5.98. The van der Waals surface area contributed by atoms with Gasteiger partial charge in [0.2, 0.25) is 0 Å². The fourth-order valence-corrected chi connectivity index (χ4v) is 3.89. The summed E-state index contributed by atoms with van der Waals surface area (Å²) < 4.78 is 14.5. The Kier molecular flexibility index (Phi) is 4.94. The van der Waals surface area contributed by atoms with Crippen molar-refractivity contribution in [1.82, 2.24) is 10.3 Å². The predicted octanol–water partition coefficient (Wildman–Crippen LogP) is 4.49. The first kappa shape index (κ1) is 17.7. The zero-order valence-electron chi connectivity index (χ0n) is 15.6. The fourth-order valence-electron chi connectivity index (χ4n) is 3.89. The molecule has 1 saturated heterocycles. The minimum atomic E-state index is -0.211. The van der Waals surface area contributed by atoms with Crippen molar-refractivity contribution in [3.63, 3.8) is 0 Å². The van der Waals surface area contributed by atoms with Gasteiger partial charge in [0.1, 0.15) is 11.6 Å². The number of pyridine rings is 1. The topological polar surface area (TPSA) is 63.0 Å². The number of piperidine rings is 1. The molecule has 2 heterocycles. The van der Waals surface area contributed by atoms with Crippen LogP contribution in [0, 0.1) is 12.7 Å². The molecule has 3 aromatic rings. The number of anilines is 2. The van der Waals surface area contributed by atoms with E-state index in [0.717, 1.165) is 40.7 Å². The summed E-state index contributed by atoms with van der Waals surface area (Å²) in [6, 6.07) is 11.5. The van der Waals surface area contributed by atoms with Crippen molar-refractivity contribution in [2.75, 3.05) is 24.1 Å². The van der Waals surface area contributed by atoms with Gasteiger partial charge in [0.25, 0.3) is 0 Å². The number of benzene rings is 2. The number of nitrogen functional groups attached to an aromatic ring is 1. The van der Waals surface area contributed by atoms with Crippen LogP contribution in [0.5, 0.6) is 0 Å². The predicted molar refractivity (Wildman–Crippen MR) is 110 cm³/mol. The van der Waals surface area contributed by atoms with Crippen molar-refractivity contribution in [3.05, 3.63) is 54.0 Å². The standard InChI is InChI=1S/C22H25FN4/c1-14-5-4-7-19(23)22(14)15-9-16-12-27-21(24)11-18(16)20(10-15)26-13-17-6-2-3-8-25-17/h4-5,7,9-12,17,25-26H,2-3,6,8,13H2,1H3,(H2,24,27)/t17-/m1/s1. The quantitative estimate of drug-likeness (QED) is 0.638. The summed E-state index contributed by atoms with van der Waals surface area (Å²) in [7, 11) is 0. The smallest absolute Gasteiger partial charge is 0.131 e. The first-order valence-corrected chi connectivity index (χ1v) is 9.54. The molecule has 4 nitrogen and oxygen atoms in total. The van der Waals surface area contributed by atoms with Gasteiger partial charge in [-0.05, 0) is 61.7 Å². The Bertz CT molecular complexity index is 944. The number of rotatable bonds is 4. The molecule has 1 atom stereocenters. The van der Waals surface area contributed by atoms with Crippen molar-refractivity contribution in [3.8, 4) is 11.1 Å². The van der Waals surface area contributed by atoms with Crippen LogP contribution in [0.3, 0.4) is 0 Å². The van der Waals surface area contributed by atoms with Crippen molar-refractivity contribution in [1.29, 1.82) is 0 Å². The van der Waals surface area contributed by atoms with Crippen molar-refractivity contribution in [2.24, 2.45) is 0 Å². The lowest BCUT2D eigenvalue weighted by atomic mass is 9.96. The van der Waals surface area contributed by atoms with Gasteiger partial charge < -0.3 is 16.4 Å². The van der Waals surface area contributed by atoms with Gasteiger partial charge in [-0.25, -0.2) is 9.37 Å². The van der Waals surface area contributed by atoms with Crippen LogP contribution in [-0.2, 0) is 0 Å². The van der Waals surface area contributed by atoms with E-state index in [1.807, 2.05) is 31.2 Å². The lowest BCUT2D eigenvalue weighted by Gasteiger charge is -2.24. The molecule has 1 fully saturated rings. The summed E-state index contributed by atoms with van der Waals surface area (Å²) in [5.41, 5.74) is 9.28. The SMILES string of the molecule is Cc1cccc(F)c1-c1cc(NC[C@H]2CCCCN2)c2cc(N)ncc2c1. The van der Waals surface area contributed by atoms with Crippen molar-refractivity contribution < 1.29 is 4.39 Å². The number of hydrogen-bond donors (Lipinski definition) is 3. The van der Waals surface area contributed by atoms with Crippen LogP contribution < -0.4 is 16.4 Å². The zero-order valence-corrected chi connectivity index (χ0v) is 15.6. The third kappa shape index (κ3) is 3.74. The van der Waals surface area contributed by atoms with E-state index in [1.165, 1.54) is 25.3 Å². The molecule has 4 rings (SSSR count). The molecule has 1 aromatic heterocycles. The van der Waals surface area contributed by atoms with Gasteiger partial charge in [0.15, 0.2) is 0 Å². The summed E-state index contributed by atoms with van der Waals surface area (Å²) in [5, 5.41) is 9.08. The van der Waals surface area contributed by atoms with Crippen molar-refractivity contribution in [2.45, 2.75) is 32.2 Å². The molecule has 0 amide bonds. The second kappa shape index (κ2) is 7.53. The Morgan fingerprint density at radius 3 is 2.93 bits per heavy atom. The van der Waals surface area contributed by atoms with Crippen molar-refractivity contribution >= 4 is 22.3 Å². The number of nitrogens with one attached hydrogen (secondary N) is 2. The Morgan fingerprint density at radius 2 is 2.15 bits per heavy atom. The average Bonchev–Trinajstić information content (AvgIpc) is 2.67. The summed E-state index contributed by atoms with van der Waals surface area (Å²) in [6.45, 7) is 3.83. The highest BCUT2D eigenvalue weighted by Gasteiger charge is 2.15. The third-order valence-electron chi connectivity index (χ3n) is 5.32. The highest BCUT2D eigenvalue weighted by atomic mass is 19.1. The zero-order chi connectivity index (χ0) is 18.8. The minimum Gasteiger partial charge on any atom is -0.384 e. The number of fused-ring (bicyclic) bond motifs is 1. The van der Waals surface area contributed by atoms with Gasteiger partial charge in [-0.2, -0.15) is 0 Å². The van der Waals surface area contributed by atoms with Crippen LogP contribution in [-0.4, -0.2) is 24.1 Å². The van der Waals surface area contributed by atoms with Crippen LogP contribution in [0.1, 0.15) is 24.8 Å². The third-order valence-corrected chi connectivity index (χ3v) is 5.32. The van der Waals surface area contributed by atoms with E-state index in [1.54, 1.807) is 12.3 Å². The van der Waals surface area contributed by atoms with Gasteiger partial charge in [-0.15, -0.1) is 0 Å². The van der Waals surface area contributed by atoms with Gasteiger partial charge in [0.05, 0.1) is 0 Å². The fraction of sp³-hybridized carbons (Fsp3) is 0.318. The summed E-state index contributed by atoms with van der Waals surface area (Å²) in [6.07, 6.45) is 5.42. The molecule has 0 saturated carbocycles. The maximum atomic E-state index is 14.5. The molecule has 4 N–H and O–H groups in total. The molecule has 2 aromatic carbocycles. The second-order valence-corrected chi connectivity index (χ2v) is 7.31. The van der Waals surface area contributed by atoms with Gasteiger partial charge in [-0.3, -0.25) is 0 Å². The number of aryl methyl sites for hydroxylation is 1. The molecule has 140 valence electrons. The van der Waals surface area contributed by atoms with E-state index in [4.69, 9.17) is 5.73 Å². The van der Waals surface area contributed by atoms with E-state index in [2.05, 4.69) is 15.6 Å². The lowest BCUT2D eigenvalue weighted by molar-refractivity contribution is 0.414. The van der Waals surface area contributed by atoms with Crippen LogP contribution in [0.25, 0.3) is 21.9 Å². The Labute approximate surface area is 159 Å². The van der Waals surface area contributed by atoms with Crippen LogP contribution in [0.15, 0.2) is 42.6 Å². The summed E-state index contributed by atoms with van der Waals surface area (Å²) in [5.74, 6) is 0.272. The number of nitrogens with zero attached hydrogens (tertiary/aromatic N) is 1. The summed E-state index contributed by atoms with van der Waals surface area (Å²) >= 11 is 0. The molecule has 1 aliphatic rings. The largest absolute Gasteiger partial charge is 0.384 e. The van der Waals surface area contributed by atoms with Crippen LogP contribution in [0.4, 0.5) is 15.9 Å². The normalized spacial score (nSPS) is 17.2. The van der Waals surface area contributed by atoms with E-state index >= 15 is 0 Å². The Balaban J connectivity index is 1.76. The Morgan fingerprint density at radius 1 is 1.26 bits per heavy atom. The van der Waals surface area contributed by atoms with Gasteiger partial charge in [0, 0.05) is 40.8 Å². The molecule has 5 heteroatoms. The first-order chi connectivity index (χ1) is 13.1. The van der Waals surface area contributed by atoms with E-state index in [9.17, 15) is 4.39 Å². The number of aromatic nitrogens is 1. The first-order valence-electron chi connectivity index (χ1n) is 9.54. The molecule has 1 aliphatic heterocycles. The van der Waals surface area contributed by atoms with Gasteiger partial charge >= 0.3 is 0 Å². The number of nitrogens with two attached hydrogens (primary N) is 1. The molecular weight excluding hydrogens is 339 g/mol. The average molecular weight is 364 g/mol. The van der Waals surface area contributed by atoms with Crippen LogP contribution in [0.2, 0.25) is 0 Å². The maximum Gasteiger partial charge on any atom is 0.131 e. The highest BCUT2D eigenvalue weighted by Crippen LogP contribution is 2.34. The molecule has 27 heavy (non-hydrogen) atoms. The molecule has 0 radical (unpaired) electrons. The van der Waals surface area contributed by atoms with E-state index < -0.39 is 0 Å². The minimum absolute atomic E-state index is 0.211. The van der Waals surface area contributed by atoms with E-state index in [-0.39, 0.29) is 5.82 Å². The van der Waals surface area contributed by atoms with Gasteiger partial charge in [-0.1, -0.05) is 18.6 Å². The lowest BCUT2D eigenvalue weighted by Crippen LogP contribution is -2.39. The Hall–Kier alpha value is -2.66. The van der Waals surface area contributed by atoms with Crippen LogP contribution >= 0.6 is 0 Å². The van der Waals surface area contributed by atoms with E-state index in [0.29, 0.717) is 17.4 Å². The molecule has 0 spiro atoms.